The number of rotatable bonds is 6. The summed E-state index contributed by atoms with van der Waals surface area (Å²) in [6.45, 7) is 2.28. The average Bonchev–Trinajstić information content (AvgIpc) is 2.86. The molecule has 1 unspecified atom stereocenters. The predicted molar refractivity (Wildman–Crippen MR) is 61.6 cm³/mol. The number of hydrogen-bond donors (Lipinski definition) is 2. The van der Waals surface area contributed by atoms with Crippen molar-refractivity contribution >= 4 is 6.01 Å². The second kappa shape index (κ2) is 5.01. The third-order valence-electron chi connectivity index (χ3n) is 3.09. The van der Waals surface area contributed by atoms with Gasteiger partial charge in [-0.1, -0.05) is 5.10 Å². The quantitative estimate of drug-likeness (QED) is 0.767. The van der Waals surface area contributed by atoms with Crippen LogP contribution >= 0.6 is 0 Å². The average molecular weight is 238 g/mol. The lowest BCUT2D eigenvalue weighted by Crippen LogP contribution is -2.18. The van der Waals surface area contributed by atoms with Crippen molar-refractivity contribution in [2.24, 2.45) is 0 Å². The van der Waals surface area contributed by atoms with Gasteiger partial charge >= 0.3 is 6.01 Å². The molecule has 2 heterocycles. The number of ether oxygens (including phenoxy) is 1. The standard InChI is InChI=1S/C11H18N4O2/c1-2-9(16-5-1)6-13-11-15-14-10(17-11)7-12-8-3-4-8/h8-9,12H,1-7H2,(H,13,15). The molecule has 1 aromatic rings. The Morgan fingerprint density at radius 3 is 2.94 bits per heavy atom. The van der Waals surface area contributed by atoms with Crippen molar-refractivity contribution in [1.29, 1.82) is 0 Å². The van der Waals surface area contributed by atoms with Gasteiger partial charge in [0.05, 0.1) is 12.6 Å². The maximum atomic E-state index is 5.50. The van der Waals surface area contributed by atoms with E-state index in [1.165, 1.54) is 12.8 Å². The normalized spacial score (nSPS) is 24.1. The molecule has 6 nitrogen and oxygen atoms in total. The third-order valence-corrected chi connectivity index (χ3v) is 3.09. The molecule has 0 radical (unpaired) electrons. The van der Waals surface area contributed by atoms with Crippen molar-refractivity contribution in [3.8, 4) is 0 Å². The first-order valence-electron chi connectivity index (χ1n) is 6.31. The molecule has 1 saturated carbocycles. The molecule has 94 valence electrons. The second-order valence-corrected chi connectivity index (χ2v) is 4.67. The SMILES string of the molecule is C1COC(CNc2nnc(CNC3CC3)o2)C1. The molecular weight excluding hydrogens is 220 g/mol. The van der Waals surface area contributed by atoms with E-state index in [9.17, 15) is 0 Å². The van der Waals surface area contributed by atoms with Gasteiger partial charge in [-0.25, -0.2) is 0 Å². The van der Waals surface area contributed by atoms with Crippen LogP contribution in [0.4, 0.5) is 6.01 Å². The Morgan fingerprint density at radius 1 is 1.24 bits per heavy atom. The van der Waals surface area contributed by atoms with Gasteiger partial charge in [0, 0.05) is 19.2 Å². The lowest BCUT2D eigenvalue weighted by molar-refractivity contribution is 0.120. The van der Waals surface area contributed by atoms with Crippen LogP contribution in [0, 0.1) is 0 Å². The van der Waals surface area contributed by atoms with Gasteiger partial charge in [-0.3, -0.25) is 0 Å². The Labute approximate surface area is 100 Å². The molecule has 2 N–H and O–H groups in total. The highest BCUT2D eigenvalue weighted by Gasteiger charge is 2.21. The van der Waals surface area contributed by atoms with Crippen molar-refractivity contribution in [2.45, 2.75) is 44.4 Å². The van der Waals surface area contributed by atoms with E-state index in [4.69, 9.17) is 9.15 Å². The second-order valence-electron chi connectivity index (χ2n) is 4.67. The summed E-state index contributed by atoms with van der Waals surface area (Å²) in [7, 11) is 0. The monoisotopic (exact) mass is 238 g/mol. The lowest BCUT2D eigenvalue weighted by atomic mass is 10.2. The van der Waals surface area contributed by atoms with Crippen LogP contribution in [-0.4, -0.2) is 35.5 Å². The lowest BCUT2D eigenvalue weighted by Gasteiger charge is -2.07. The number of anilines is 1. The molecule has 2 aliphatic rings. The zero-order chi connectivity index (χ0) is 11.5. The molecular formula is C11H18N4O2. The van der Waals surface area contributed by atoms with Gasteiger partial charge in [0.15, 0.2) is 0 Å². The molecule has 1 atom stereocenters. The van der Waals surface area contributed by atoms with Gasteiger partial charge in [-0.15, -0.1) is 5.10 Å². The molecule has 2 fully saturated rings. The van der Waals surface area contributed by atoms with Gasteiger partial charge in [-0.05, 0) is 25.7 Å². The van der Waals surface area contributed by atoms with Crippen molar-refractivity contribution in [2.75, 3.05) is 18.5 Å². The molecule has 1 saturated heterocycles. The molecule has 17 heavy (non-hydrogen) atoms. The Hall–Kier alpha value is -1.14. The minimum atomic E-state index is 0.287. The zero-order valence-electron chi connectivity index (χ0n) is 9.82. The molecule has 0 amide bonds. The van der Waals surface area contributed by atoms with E-state index in [-0.39, 0.29) is 6.10 Å². The van der Waals surface area contributed by atoms with E-state index in [2.05, 4.69) is 20.8 Å². The maximum absolute atomic E-state index is 5.50. The minimum Gasteiger partial charge on any atom is -0.407 e. The fraction of sp³-hybridized carbons (Fsp3) is 0.818. The van der Waals surface area contributed by atoms with Crippen LogP contribution in [0.2, 0.25) is 0 Å². The summed E-state index contributed by atoms with van der Waals surface area (Å²) in [6, 6.07) is 1.15. The van der Waals surface area contributed by atoms with E-state index in [0.717, 1.165) is 26.0 Å². The van der Waals surface area contributed by atoms with E-state index >= 15 is 0 Å². The summed E-state index contributed by atoms with van der Waals surface area (Å²) in [5, 5.41) is 14.4. The van der Waals surface area contributed by atoms with Gasteiger partial charge < -0.3 is 19.8 Å². The number of nitrogens with zero attached hydrogens (tertiary/aromatic N) is 2. The Morgan fingerprint density at radius 2 is 2.18 bits per heavy atom. The number of nitrogens with one attached hydrogen (secondary N) is 2. The van der Waals surface area contributed by atoms with E-state index in [1.54, 1.807) is 0 Å². The van der Waals surface area contributed by atoms with Crippen molar-refractivity contribution < 1.29 is 9.15 Å². The van der Waals surface area contributed by atoms with Crippen LogP contribution < -0.4 is 10.6 Å². The number of aromatic nitrogens is 2. The highest BCUT2D eigenvalue weighted by molar-refractivity contribution is 5.17. The first-order chi connectivity index (χ1) is 8.40. The Kier molecular flexibility index (Phi) is 3.24. The van der Waals surface area contributed by atoms with Crippen molar-refractivity contribution in [1.82, 2.24) is 15.5 Å². The summed E-state index contributed by atoms with van der Waals surface area (Å²) in [5.74, 6) is 0.645. The fourth-order valence-electron chi connectivity index (χ4n) is 1.92. The van der Waals surface area contributed by atoms with Crippen molar-refractivity contribution in [3.63, 3.8) is 0 Å². The van der Waals surface area contributed by atoms with Crippen LogP contribution in [0.5, 0.6) is 0 Å². The first kappa shape index (κ1) is 11.0. The first-order valence-corrected chi connectivity index (χ1v) is 6.31. The van der Waals surface area contributed by atoms with Crippen LogP contribution in [0.15, 0.2) is 4.42 Å². The molecule has 0 bridgehead atoms. The topological polar surface area (TPSA) is 72.2 Å². The Bertz CT molecular complexity index is 358. The molecule has 3 rings (SSSR count). The molecule has 0 spiro atoms. The minimum absolute atomic E-state index is 0.287. The largest absolute Gasteiger partial charge is 0.407 e. The van der Waals surface area contributed by atoms with E-state index < -0.39 is 0 Å². The van der Waals surface area contributed by atoms with Gasteiger partial charge in [0.2, 0.25) is 5.89 Å². The zero-order valence-corrected chi connectivity index (χ0v) is 9.82. The Balaban J connectivity index is 1.42. The molecule has 1 aromatic heterocycles. The molecule has 1 aliphatic carbocycles. The predicted octanol–water partition coefficient (Wildman–Crippen LogP) is 0.912. The summed E-state index contributed by atoms with van der Waals surface area (Å²) in [6.07, 6.45) is 5.07. The summed E-state index contributed by atoms with van der Waals surface area (Å²) < 4.78 is 11.0. The highest BCUT2D eigenvalue weighted by atomic mass is 16.5. The van der Waals surface area contributed by atoms with Gasteiger partial charge in [0.25, 0.3) is 0 Å². The van der Waals surface area contributed by atoms with Crippen LogP contribution in [0.1, 0.15) is 31.6 Å². The van der Waals surface area contributed by atoms with Crippen LogP contribution in [-0.2, 0) is 11.3 Å². The fourth-order valence-corrected chi connectivity index (χ4v) is 1.92. The van der Waals surface area contributed by atoms with Gasteiger partial charge in [-0.2, -0.15) is 0 Å². The summed E-state index contributed by atoms with van der Waals surface area (Å²) in [4.78, 5) is 0. The van der Waals surface area contributed by atoms with Crippen molar-refractivity contribution in [3.05, 3.63) is 5.89 Å². The van der Waals surface area contributed by atoms with Gasteiger partial charge in [0.1, 0.15) is 0 Å². The smallest absolute Gasteiger partial charge is 0.315 e. The highest BCUT2D eigenvalue weighted by Crippen LogP contribution is 2.19. The molecule has 1 aliphatic heterocycles. The summed E-state index contributed by atoms with van der Waals surface area (Å²) >= 11 is 0. The van der Waals surface area contributed by atoms with Crippen LogP contribution in [0.3, 0.4) is 0 Å². The van der Waals surface area contributed by atoms with Crippen LogP contribution in [0.25, 0.3) is 0 Å². The van der Waals surface area contributed by atoms with E-state index in [0.29, 0.717) is 24.5 Å². The third kappa shape index (κ3) is 3.17. The maximum Gasteiger partial charge on any atom is 0.315 e. The summed E-state index contributed by atoms with van der Waals surface area (Å²) in [5.41, 5.74) is 0. The molecule has 6 heteroatoms. The molecule has 0 aromatic carbocycles. The van der Waals surface area contributed by atoms with E-state index in [1.807, 2.05) is 0 Å². The number of hydrogen-bond acceptors (Lipinski definition) is 6.